The van der Waals surface area contributed by atoms with Crippen molar-refractivity contribution in [1.29, 1.82) is 0 Å². The lowest BCUT2D eigenvalue weighted by Crippen LogP contribution is -2.46. The summed E-state index contributed by atoms with van der Waals surface area (Å²) < 4.78 is 31.2. The summed E-state index contributed by atoms with van der Waals surface area (Å²) in [6, 6.07) is -0.754. The fourth-order valence-corrected chi connectivity index (χ4v) is 1.64. The van der Waals surface area contributed by atoms with Crippen LogP contribution < -0.4 is 5.32 Å². The smallest absolute Gasteiger partial charge is 0.260 e. The zero-order chi connectivity index (χ0) is 11.0. The highest BCUT2D eigenvalue weighted by Crippen LogP contribution is 2.26. The van der Waals surface area contributed by atoms with Gasteiger partial charge in [0.2, 0.25) is 0 Å². The molecule has 2 nitrogen and oxygen atoms in total. The maximum Gasteiger partial charge on any atom is 0.260 e. The van der Waals surface area contributed by atoms with E-state index in [9.17, 15) is 8.78 Å². The second-order valence-electron chi connectivity index (χ2n) is 4.82. The van der Waals surface area contributed by atoms with E-state index in [4.69, 9.17) is 4.74 Å². The second kappa shape index (κ2) is 3.74. The molecule has 0 aromatic carbocycles. The van der Waals surface area contributed by atoms with Gasteiger partial charge in [-0.2, -0.15) is 0 Å². The highest BCUT2D eigenvalue weighted by molar-refractivity contribution is 4.88. The van der Waals surface area contributed by atoms with Crippen LogP contribution in [0.3, 0.4) is 0 Å². The molecule has 14 heavy (non-hydrogen) atoms. The van der Waals surface area contributed by atoms with Gasteiger partial charge in [0.1, 0.15) is 0 Å². The van der Waals surface area contributed by atoms with Crippen LogP contribution in [0, 0.1) is 0 Å². The number of hydrogen-bond acceptors (Lipinski definition) is 2. The fraction of sp³-hybridized carbons (Fsp3) is 1.00. The molecule has 84 valence electrons. The molecule has 1 aliphatic rings. The average molecular weight is 207 g/mol. The lowest BCUT2D eigenvalue weighted by atomic mass is 10.0. The Morgan fingerprint density at radius 1 is 1.50 bits per heavy atom. The maximum absolute atomic E-state index is 12.9. The summed E-state index contributed by atoms with van der Waals surface area (Å²) in [6.45, 7) is 6.91. The van der Waals surface area contributed by atoms with Crippen molar-refractivity contribution in [3.63, 3.8) is 0 Å². The number of halogens is 2. The molecule has 1 aliphatic heterocycles. The zero-order valence-electron chi connectivity index (χ0n) is 9.23. The first kappa shape index (κ1) is 11.9. The number of ether oxygens (including phenoxy) is 1. The van der Waals surface area contributed by atoms with Gasteiger partial charge in [0, 0.05) is 13.0 Å². The molecule has 1 heterocycles. The summed E-state index contributed by atoms with van der Waals surface area (Å²) in [7, 11) is 0. The van der Waals surface area contributed by atoms with Crippen molar-refractivity contribution in [1.82, 2.24) is 5.32 Å². The van der Waals surface area contributed by atoms with Crippen LogP contribution in [0.1, 0.15) is 34.1 Å². The molecule has 0 saturated carbocycles. The molecule has 0 aliphatic carbocycles. The molecule has 1 fully saturated rings. The average Bonchev–Trinajstić information content (AvgIpc) is 2.28. The SMILES string of the molecule is CC(NC1COC(C)(C)C1)C(C)(F)F. The van der Waals surface area contributed by atoms with Crippen molar-refractivity contribution in [2.75, 3.05) is 6.61 Å². The standard InChI is InChI=1S/C10H19F2NO/c1-7(10(4,11)12)13-8-5-9(2,3)14-6-8/h7-8,13H,5-6H2,1-4H3. The number of alkyl halides is 2. The Morgan fingerprint density at radius 3 is 2.43 bits per heavy atom. The topological polar surface area (TPSA) is 21.3 Å². The Balaban J connectivity index is 2.40. The van der Waals surface area contributed by atoms with E-state index >= 15 is 0 Å². The molecular weight excluding hydrogens is 188 g/mol. The van der Waals surface area contributed by atoms with Crippen LogP contribution in [-0.4, -0.2) is 30.2 Å². The first-order chi connectivity index (χ1) is 6.21. The number of nitrogens with one attached hydrogen (secondary N) is 1. The molecule has 0 aromatic rings. The maximum atomic E-state index is 12.9. The minimum absolute atomic E-state index is 0.0471. The minimum atomic E-state index is -2.67. The molecule has 0 radical (unpaired) electrons. The van der Waals surface area contributed by atoms with Crippen molar-refractivity contribution >= 4 is 0 Å². The van der Waals surface area contributed by atoms with E-state index in [1.165, 1.54) is 6.92 Å². The molecule has 1 rings (SSSR count). The van der Waals surface area contributed by atoms with Gasteiger partial charge in [0.25, 0.3) is 5.92 Å². The van der Waals surface area contributed by atoms with E-state index in [1.807, 2.05) is 13.8 Å². The van der Waals surface area contributed by atoms with Gasteiger partial charge in [-0.1, -0.05) is 0 Å². The molecular formula is C10H19F2NO. The zero-order valence-corrected chi connectivity index (χ0v) is 9.23. The molecule has 1 saturated heterocycles. The van der Waals surface area contributed by atoms with Gasteiger partial charge < -0.3 is 10.1 Å². The molecule has 2 atom stereocenters. The van der Waals surface area contributed by atoms with Crippen LogP contribution in [0.4, 0.5) is 8.78 Å². The molecule has 1 N–H and O–H groups in total. The van der Waals surface area contributed by atoms with E-state index in [0.29, 0.717) is 6.61 Å². The van der Waals surface area contributed by atoms with Gasteiger partial charge >= 0.3 is 0 Å². The monoisotopic (exact) mass is 207 g/mol. The summed E-state index contributed by atoms with van der Waals surface area (Å²) in [4.78, 5) is 0. The van der Waals surface area contributed by atoms with Crippen LogP contribution in [0.25, 0.3) is 0 Å². The van der Waals surface area contributed by atoms with Crippen molar-refractivity contribution in [2.45, 2.75) is 57.7 Å². The van der Waals surface area contributed by atoms with Gasteiger partial charge in [-0.3, -0.25) is 0 Å². The van der Waals surface area contributed by atoms with E-state index in [1.54, 1.807) is 0 Å². The van der Waals surface area contributed by atoms with Crippen LogP contribution in [0.15, 0.2) is 0 Å². The summed E-state index contributed by atoms with van der Waals surface area (Å²) in [5.74, 6) is -2.67. The van der Waals surface area contributed by atoms with Crippen LogP contribution >= 0.6 is 0 Å². The first-order valence-corrected chi connectivity index (χ1v) is 4.98. The summed E-state index contributed by atoms with van der Waals surface area (Å²) in [5, 5.41) is 2.90. The van der Waals surface area contributed by atoms with Crippen molar-refractivity contribution in [2.24, 2.45) is 0 Å². The lowest BCUT2D eigenvalue weighted by Gasteiger charge is -2.24. The first-order valence-electron chi connectivity index (χ1n) is 4.98. The van der Waals surface area contributed by atoms with E-state index in [0.717, 1.165) is 13.3 Å². The lowest BCUT2D eigenvalue weighted by molar-refractivity contribution is -0.0163. The number of rotatable bonds is 3. The predicted octanol–water partition coefficient (Wildman–Crippen LogP) is 2.19. The third-order valence-corrected chi connectivity index (χ3v) is 2.66. The van der Waals surface area contributed by atoms with Crippen LogP contribution in [0.2, 0.25) is 0 Å². The summed E-state index contributed by atoms with van der Waals surface area (Å²) in [5.41, 5.74) is -0.180. The van der Waals surface area contributed by atoms with Crippen molar-refractivity contribution < 1.29 is 13.5 Å². The van der Waals surface area contributed by atoms with Gasteiger partial charge in [0.15, 0.2) is 0 Å². The van der Waals surface area contributed by atoms with Crippen molar-refractivity contribution in [3.05, 3.63) is 0 Å². The largest absolute Gasteiger partial charge is 0.374 e. The molecule has 0 spiro atoms. The Labute approximate surface area is 84.0 Å². The van der Waals surface area contributed by atoms with Crippen LogP contribution in [-0.2, 0) is 4.74 Å². The van der Waals surface area contributed by atoms with E-state index in [-0.39, 0.29) is 11.6 Å². The predicted molar refractivity (Wildman–Crippen MR) is 51.7 cm³/mol. The quantitative estimate of drug-likeness (QED) is 0.766. The Morgan fingerprint density at radius 2 is 2.07 bits per heavy atom. The summed E-state index contributed by atoms with van der Waals surface area (Å²) in [6.07, 6.45) is 0.785. The normalized spacial score (nSPS) is 29.1. The van der Waals surface area contributed by atoms with Crippen molar-refractivity contribution in [3.8, 4) is 0 Å². The minimum Gasteiger partial charge on any atom is -0.374 e. The summed E-state index contributed by atoms with van der Waals surface area (Å²) >= 11 is 0. The van der Waals surface area contributed by atoms with E-state index in [2.05, 4.69) is 5.32 Å². The third-order valence-electron chi connectivity index (χ3n) is 2.66. The van der Waals surface area contributed by atoms with Gasteiger partial charge in [-0.25, -0.2) is 8.78 Å². The van der Waals surface area contributed by atoms with Crippen LogP contribution in [0.5, 0.6) is 0 Å². The van der Waals surface area contributed by atoms with Gasteiger partial charge in [0.05, 0.1) is 18.2 Å². The molecule has 4 heteroatoms. The molecule has 2 unspecified atom stereocenters. The molecule has 0 amide bonds. The van der Waals surface area contributed by atoms with E-state index < -0.39 is 12.0 Å². The Bertz CT molecular complexity index is 201. The molecule has 0 aromatic heterocycles. The third kappa shape index (κ3) is 3.17. The highest BCUT2D eigenvalue weighted by Gasteiger charge is 2.37. The fourth-order valence-electron chi connectivity index (χ4n) is 1.64. The Kier molecular flexibility index (Phi) is 3.17. The Hall–Kier alpha value is -0.220. The second-order valence-corrected chi connectivity index (χ2v) is 4.82. The molecule has 0 bridgehead atoms. The van der Waals surface area contributed by atoms with Gasteiger partial charge in [-0.05, 0) is 27.2 Å². The number of hydrogen-bond donors (Lipinski definition) is 1. The highest BCUT2D eigenvalue weighted by atomic mass is 19.3. The van der Waals surface area contributed by atoms with Gasteiger partial charge in [-0.15, -0.1) is 0 Å².